The van der Waals surface area contributed by atoms with Crippen LogP contribution in [0.2, 0.25) is 0 Å². The maximum absolute atomic E-state index is 4.68. The number of thioether (sulfide) groups is 1. The molecule has 2 N–H and O–H groups in total. The second-order valence-corrected chi connectivity index (χ2v) is 7.54. The third kappa shape index (κ3) is 7.73. The van der Waals surface area contributed by atoms with E-state index in [2.05, 4.69) is 33.7 Å². The molecule has 4 nitrogen and oxygen atoms in total. The molecule has 5 heteroatoms. The van der Waals surface area contributed by atoms with Crippen LogP contribution in [0, 0.1) is 5.92 Å². The van der Waals surface area contributed by atoms with Gasteiger partial charge in [0.05, 0.1) is 0 Å². The van der Waals surface area contributed by atoms with Gasteiger partial charge in [0.2, 0.25) is 0 Å². The van der Waals surface area contributed by atoms with Crippen LogP contribution in [0.15, 0.2) is 4.99 Å². The topological polar surface area (TPSA) is 39.7 Å². The Kier molecular flexibility index (Phi) is 8.45. The molecule has 2 aliphatic rings. The minimum absolute atomic E-state index is 0.883. The highest BCUT2D eigenvalue weighted by atomic mass is 32.2. The Balaban J connectivity index is 1.62. The summed E-state index contributed by atoms with van der Waals surface area (Å²) < 4.78 is 0. The maximum Gasteiger partial charge on any atom is 0.191 e. The summed E-state index contributed by atoms with van der Waals surface area (Å²) in [6.45, 7) is 7.51. The number of rotatable bonds is 12. The van der Waals surface area contributed by atoms with Crippen LogP contribution in [0.3, 0.4) is 0 Å². The first kappa shape index (κ1) is 17.9. The van der Waals surface area contributed by atoms with Gasteiger partial charge in [-0.05, 0) is 63.4 Å². The van der Waals surface area contributed by atoms with Crippen LogP contribution in [0.5, 0.6) is 0 Å². The highest BCUT2D eigenvalue weighted by Gasteiger charge is 2.33. The van der Waals surface area contributed by atoms with Crippen LogP contribution in [0.25, 0.3) is 0 Å². The maximum atomic E-state index is 4.68. The Hall–Kier alpha value is -0.420. The lowest BCUT2D eigenvalue weighted by molar-refractivity contribution is 0.256. The Morgan fingerprint density at radius 1 is 1.18 bits per heavy atom. The summed E-state index contributed by atoms with van der Waals surface area (Å²) in [4.78, 5) is 7.38. The van der Waals surface area contributed by atoms with E-state index < -0.39 is 0 Å². The minimum atomic E-state index is 0.883. The van der Waals surface area contributed by atoms with Gasteiger partial charge in [-0.25, -0.2) is 0 Å². The van der Waals surface area contributed by atoms with E-state index in [-0.39, 0.29) is 0 Å². The molecule has 0 aromatic rings. The molecule has 0 spiro atoms. The van der Waals surface area contributed by atoms with Gasteiger partial charge in [-0.2, -0.15) is 11.8 Å². The second kappa shape index (κ2) is 10.4. The predicted molar refractivity (Wildman–Crippen MR) is 98.9 cm³/mol. The van der Waals surface area contributed by atoms with Crippen molar-refractivity contribution < 1.29 is 0 Å². The molecule has 2 aliphatic carbocycles. The van der Waals surface area contributed by atoms with Crippen LogP contribution >= 0.6 is 11.8 Å². The molecule has 0 bridgehead atoms. The lowest BCUT2D eigenvalue weighted by Crippen LogP contribution is -2.42. The molecule has 0 heterocycles. The molecule has 2 saturated carbocycles. The van der Waals surface area contributed by atoms with Crippen molar-refractivity contribution in [3.05, 3.63) is 0 Å². The lowest BCUT2D eigenvalue weighted by atomic mass is 10.3. The first-order valence-electron chi connectivity index (χ1n) is 9.08. The Labute approximate surface area is 140 Å². The minimum Gasteiger partial charge on any atom is -0.357 e. The largest absolute Gasteiger partial charge is 0.357 e. The van der Waals surface area contributed by atoms with Gasteiger partial charge in [0, 0.05) is 38.8 Å². The van der Waals surface area contributed by atoms with E-state index in [9.17, 15) is 0 Å². The zero-order chi connectivity index (χ0) is 15.6. The summed E-state index contributed by atoms with van der Waals surface area (Å²) in [6, 6.07) is 0.883. The van der Waals surface area contributed by atoms with Gasteiger partial charge < -0.3 is 10.6 Å². The van der Waals surface area contributed by atoms with Gasteiger partial charge in [-0.15, -0.1) is 0 Å². The van der Waals surface area contributed by atoms with Crippen LogP contribution < -0.4 is 10.6 Å². The first-order chi connectivity index (χ1) is 10.8. The Bertz CT molecular complexity index is 327. The molecule has 0 radical (unpaired) electrons. The molecular weight excluding hydrogens is 292 g/mol. The fraction of sp³-hybridized carbons (Fsp3) is 0.941. The van der Waals surface area contributed by atoms with E-state index >= 15 is 0 Å². The SMILES string of the molecule is CCNC(=NCCCCSC)NCCN(CC1CC1)C1CC1. The highest BCUT2D eigenvalue weighted by Crippen LogP contribution is 2.34. The molecule has 0 atom stereocenters. The van der Waals surface area contributed by atoms with Crippen molar-refractivity contribution in [1.82, 2.24) is 15.5 Å². The van der Waals surface area contributed by atoms with E-state index in [0.29, 0.717) is 0 Å². The molecule has 0 aromatic heterocycles. The number of hydrogen-bond acceptors (Lipinski definition) is 3. The van der Waals surface area contributed by atoms with Gasteiger partial charge in [-0.1, -0.05) is 0 Å². The summed E-state index contributed by atoms with van der Waals surface area (Å²) in [5, 5.41) is 6.87. The van der Waals surface area contributed by atoms with Crippen molar-refractivity contribution in [3.63, 3.8) is 0 Å². The standard InChI is InChI=1S/C17H34N4S/c1-3-18-17(19-10-4-5-13-22-2)20-11-12-21(16-8-9-16)14-15-6-7-15/h15-16H,3-14H2,1-2H3,(H2,18,19,20). The van der Waals surface area contributed by atoms with Crippen LogP contribution in [-0.4, -0.2) is 61.6 Å². The second-order valence-electron chi connectivity index (χ2n) is 6.56. The van der Waals surface area contributed by atoms with Crippen molar-refractivity contribution in [2.45, 2.75) is 51.5 Å². The molecular formula is C17H34N4S. The quantitative estimate of drug-likeness (QED) is 0.328. The lowest BCUT2D eigenvalue weighted by Gasteiger charge is -2.22. The predicted octanol–water partition coefficient (Wildman–Crippen LogP) is 2.56. The average molecular weight is 327 g/mol. The molecule has 0 amide bonds. The third-order valence-corrected chi connectivity index (χ3v) is 5.01. The molecule has 0 aliphatic heterocycles. The summed E-state index contributed by atoms with van der Waals surface area (Å²) in [5.74, 6) is 3.24. The number of unbranched alkanes of at least 4 members (excludes halogenated alkanes) is 1. The highest BCUT2D eigenvalue weighted by molar-refractivity contribution is 7.98. The van der Waals surface area contributed by atoms with Crippen molar-refractivity contribution in [3.8, 4) is 0 Å². The first-order valence-corrected chi connectivity index (χ1v) is 10.5. The van der Waals surface area contributed by atoms with Crippen molar-refractivity contribution in [2.75, 3.05) is 44.7 Å². The van der Waals surface area contributed by atoms with Gasteiger partial charge in [0.1, 0.15) is 0 Å². The number of nitrogens with zero attached hydrogens (tertiary/aromatic N) is 2. The van der Waals surface area contributed by atoms with E-state index in [1.807, 2.05) is 11.8 Å². The summed E-state index contributed by atoms with van der Waals surface area (Å²) in [6.07, 6.45) is 10.4. The number of hydrogen-bond donors (Lipinski definition) is 2. The van der Waals surface area contributed by atoms with Crippen LogP contribution in [-0.2, 0) is 0 Å². The summed E-state index contributed by atoms with van der Waals surface area (Å²) >= 11 is 1.92. The van der Waals surface area contributed by atoms with Crippen LogP contribution in [0.4, 0.5) is 0 Å². The van der Waals surface area contributed by atoms with E-state index in [1.54, 1.807) is 0 Å². The van der Waals surface area contributed by atoms with Gasteiger partial charge in [-0.3, -0.25) is 9.89 Å². The van der Waals surface area contributed by atoms with Crippen molar-refractivity contribution >= 4 is 17.7 Å². The van der Waals surface area contributed by atoms with Crippen LogP contribution in [0.1, 0.15) is 45.4 Å². The van der Waals surface area contributed by atoms with Crippen molar-refractivity contribution in [1.29, 1.82) is 0 Å². The molecule has 0 unspecified atom stereocenters. The fourth-order valence-electron chi connectivity index (χ4n) is 2.70. The molecule has 2 rings (SSSR count). The fourth-order valence-corrected chi connectivity index (χ4v) is 3.20. The average Bonchev–Trinajstić information content (AvgIpc) is 3.38. The van der Waals surface area contributed by atoms with E-state index in [0.717, 1.165) is 44.1 Å². The zero-order valence-corrected chi connectivity index (χ0v) is 15.3. The molecule has 22 heavy (non-hydrogen) atoms. The van der Waals surface area contributed by atoms with Gasteiger partial charge in [0.15, 0.2) is 5.96 Å². The zero-order valence-electron chi connectivity index (χ0n) is 14.4. The Morgan fingerprint density at radius 2 is 2.00 bits per heavy atom. The number of nitrogens with one attached hydrogen (secondary N) is 2. The van der Waals surface area contributed by atoms with Gasteiger partial charge in [0.25, 0.3) is 0 Å². The number of guanidine groups is 1. The third-order valence-electron chi connectivity index (χ3n) is 4.32. The van der Waals surface area contributed by atoms with E-state index in [1.165, 1.54) is 50.8 Å². The number of aliphatic imine (C=N–C) groups is 1. The molecule has 2 fully saturated rings. The smallest absolute Gasteiger partial charge is 0.191 e. The summed E-state index contributed by atoms with van der Waals surface area (Å²) in [5.41, 5.74) is 0. The van der Waals surface area contributed by atoms with Gasteiger partial charge >= 0.3 is 0 Å². The van der Waals surface area contributed by atoms with Crippen molar-refractivity contribution in [2.24, 2.45) is 10.9 Å². The monoisotopic (exact) mass is 326 g/mol. The molecule has 0 saturated heterocycles. The molecule has 0 aromatic carbocycles. The summed E-state index contributed by atoms with van der Waals surface area (Å²) in [7, 11) is 0. The van der Waals surface area contributed by atoms with E-state index in [4.69, 9.17) is 0 Å². The Morgan fingerprint density at radius 3 is 2.64 bits per heavy atom. The normalized spacial score (nSPS) is 18.8. The molecule has 128 valence electrons.